The Labute approximate surface area is 173 Å². The van der Waals surface area contributed by atoms with Crippen molar-refractivity contribution in [3.05, 3.63) is 70.2 Å². The molecule has 0 bridgehead atoms. The summed E-state index contributed by atoms with van der Waals surface area (Å²) in [5, 5.41) is 2.68. The molecule has 0 saturated carbocycles. The first-order valence-electron chi connectivity index (χ1n) is 8.92. The summed E-state index contributed by atoms with van der Waals surface area (Å²) >= 11 is 4.99. The minimum Gasteiger partial charge on any atom is -0.357 e. The maximum atomic E-state index is 12.9. The average molecular weight is 449 g/mol. The SMILES string of the molecule is CC[C@H](C(=O)NC)N(Cc1ccccc1)C(=O)CSCc1ccc(Br)cc1. The topological polar surface area (TPSA) is 49.4 Å². The number of likely N-dealkylation sites (N-methyl/N-ethyl adjacent to an activating group) is 1. The van der Waals surface area contributed by atoms with Crippen LogP contribution in [0.4, 0.5) is 0 Å². The van der Waals surface area contributed by atoms with Crippen molar-refractivity contribution in [1.29, 1.82) is 0 Å². The molecule has 1 N–H and O–H groups in total. The number of nitrogens with one attached hydrogen (secondary N) is 1. The van der Waals surface area contributed by atoms with E-state index in [1.54, 1.807) is 23.7 Å². The minimum atomic E-state index is -0.462. The molecule has 0 aliphatic rings. The Hall–Kier alpha value is -1.79. The predicted octanol–water partition coefficient (Wildman–Crippen LogP) is 4.24. The molecule has 2 aromatic rings. The summed E-state index contributed by atoms with van der Waals surface area (Å²) in [5.74, 6) is 0.960. The van der Waals surface area contributed by atoms with Crippen LogP contribution in [-0.2, 0) is 21.9 Å². The number of hydrogen-bond donors (Lipinski definition) is 1. The fraction of sp³-hybridized carbons (Fsp3) is 0.333. The molecule has 1 atom stereocenters. The van der Waals surface area contributed by atoms with Crippen molar-refractivity contribution >= 4 is 39.5 Å². The van der Waals surface area contributed by atoms with Crippen molar-refractivity contribution in [1.82, 2.24) is 10.2 Å². The molecule has 2 aromatic carbocycles. The number of halogens is 1. The lowest BCUT2D eigenvalue weighted by atomic mass is 10.1. The quantitative estimate of drug-likeness (QED) is 0.623. The number of amides is 2. The zero-order chi connectivity index (χ0) is 19.6. The zero-order valence-corrected chi connectivity index (χ0v) is 18.1. The molecule has 2 amide bonds. The lowest BCUT2D eigenvalue weighted by molar-refractivity contribution is -0.139. The number of thioether (sulfide) groups is 1. The molecule has 27 heavy (non-hydrogen) atoms. The van der Waals surface area contributed by atoms with Crippen molar-refractivity contribution in [3.8, 4) is 0 Å². The first-order chi connectivity index (χ1) is 13.0. The summed E-state index contributed by atoms with van der Waals surface area (Å²) in [6.07, 6.45) is 0.579. The van der Waals surface area contributed by atoms with E-state index in [9.17, 15) is 9.59 Å². The maximum absolute atomic E-state index is 12.9. The zero-order valence-electron chi connectivity index (χ0n) is 15.7. The van der Waals surface area contributed by atoms with Crippen LogP contribution in [0.25, 0.3) is 0 Å². The van der Waals surface area contributed by atoms with Gasteiger partial charge in [-0.15, -0.1) is 11.8 Å². The highest BCUT2D eigenvalue weighted by Gasteiger charge is 2.27. The van der Waals surface area contributed by atoms with E-state index in [1.807, 2.05) is 61.5 Å². The summed E-state index contributed by atoms with van der Waals surface area (Å²) in [6.45, 7) is 2.37. The number of rotatable bonds is 9. The van der Waals surface area contributed by atoms with Gasteiger partial charge in [-0.05, 0) is 29.7 Å². The summed E-state index contributed by atoms with van der Waals surface area (Å²) in [7, 11) is 1.61. The molecule has 144 valence electrons. The molecule has 0 aliphatic heterocycles. The standard InChI is InChI=1S/C21H25BrN2O2S/c1-3-19(21(26)23-2)24(13-16-7-5-4-6-8-16)20(25)15-27-14-17-9-11-18(22)12-10-17/h4-12,19H,3,13-15H2,1-2H3,(H,23,26)/t19-/m1/s1. The maximum Gasteiger partial charge on any atom is 0.242 e. The number of carbonyl (C=O) groups is 2. The van der Waals surface area contributed by atoms with Crippen LogP contribution in [0, 0.1) is 0 Å². The number of carbonyl (C=O) groups excluding carboxylic acids is 2. The van der Waals surface area contributed by atoms with Crippen LogP contribution in [0.3, 0.4) is 0 Å². The highest BCUT2D eigenvalue weighted by molar-refractivity contribution is 9.10. The van der Waals surface area contributed by atoms with Crippen LogP contribution < -0.4 is 5.32 Å². The van der Waals surface area contributed by atoms with E-state index in [1.165, 1.54) is 5.56 Å². The van der Waals surface area contributed by atoms with Gasteiger partial charge < -0.3 is 10.2 Å². The predicted molar refractivity (Wildman–Crippen MR) is 115 cm³/mol. The van der Waals surface area contributed by atoms with Crippen LogP contribution in [-0.4, -0.2) is 35.6 Å². The normalized spacial score (nSPS) is 11.7. The lowest BCUT2D eigenvalue weighted by Gasteiger charge is -2.30. The van der Waals surface area contributed by atoms with Crippen molar-refractivity contribution in [3.63, 3.8) is 0 Å². The summed E-state index contributed by atoms with van der Waals surface area (Å²) in [6, 6.07) is 17.4. The third kappa shape index (κ3) is 6.70. The van der Waals surface area contributed by atoms with Crippen molar-refractivity contribution in [2.45, 2.75) is 31.7 Å². The Kier molecular flexibility index (Phi) is 8.88. The Bertz CT molecular complexity index is 738. The highest BCUT2D eigenvalue weighted by atomic mass is 79.9. The van der Waals surface area contributed by atoms with Gasteiger partial charge in [0.25, 0.3) is 0 Å². The summed E-state index contributed by atoms with van der Waals surface area (Å²) in [5.41, 5.74) is 2.19. The van der Waals surface area contributed by atoms with Gasteiger partial charge in [-0.1, -0.05) is 65.3 Å². The number of benzene rings is 2. The van der Waals surface area contributed by atoms with Gasteiger partial charge in [0.15, 0.2) is 0 Å². The van der Waals surface area contributed by atoms with Crippen molar-refractivity contribution in [2.75, 3.05) is 12.8 Å². The molecule has 4 nitrogen and oxygen atoms in total. The van der Waals surface area contributed by atoms with E-state index in [0.29, 0.717) is 18.7 Å². The summed E-state index contributed by atoms with van der Waals surface area (Å²) in [4.78, 5) is 26.9. The van der Waals surface area contributed by atoms with Crippen LogP contribution in [0.15, 0.2) is 59.1 Å². The molecule has 0 saturated heterocycles. The Morgan fingerprint density at radius 1 is 1.07 bits per heavy atom. The smallest absolute Gasteiger partial charge is 0.242 e. The largest absolute Gasteiger partial charge is 0.357 e. The monoisotopic (exact) mass is 448 g/mol. The van der Waals surface area contributed by atoms with Gasteiger partial charge in [0.05, 0.1) is 5.75 Å². The molecule has 0 aliphatic carbocycles. The Morgan fingerprint density at radius 3 is 2.33 bits per heavy atom. The van der Waals surface area contributed by atoms with Crippen LogP contribution in [0.2, 0.25) is 0 Å². The van der Waals surface area contributed by atoms with E-state index < -0.39 is 6.04 Å². The molecule has 6 heteroatoms. The first kappa shape index (κ1) is 21.5. The molecule has 0 fully saturated rings. The Balaban J connectivity index is 2.05. The molecule has 0 radical (unpaired) electrons. The van der Waals surface area contributed by atoms with E-state index in [4.69, 9.17) is 0 Å². The molecule has 0 aromatic heterocycles. The summed E-state index contributed by atoms with van der Waals surface area (Å²) < 4.78 is 1.04. The average Bonchev–Trinajstić information content (AvgIpc) is 2.69. The van der Waals surface area contributed by atoms with E-state index in [2.05, 4.69) is 21.2 Å². The number of nitrogens with zero attached hydrogens (tertiary/aromatic N) is 1. The fourth-order valence-electron chi connectivity index (χ4n) is 2.79. The molecule has 0 heterocycles. The van der Waals surface area contributed by atoms with E-state index in [-0.39, 0.29) is 11.8 Å². The second-order valence-corrected chi connectivity index (χ2v) is 8.07. The first-order valence-corrected chi connectivity index (χ1v) is 10.9. The van der Waals surface area contributed by atoms with Crippen LogP contribution in [0.1, 0.15) is 24.5 Å². The van der Waals surface area contributed by atoms with Gasteiger partial charge >= 0.3 is 0 Å². The highest BCUT2D eigenvalue weighted by Crippen LogP contribution is 2.18. The van der Waals surface area contributed by atoms with Gasteiger partial charge in [0.1, 0.15) is 6.04 Å². The molecular weight excluding hydrogens is 424 g/mol. The Morgan fingerprint density at radius 2 is 1.74 bits per heavy atom. The van der Waals surface area contributed by atoms with Gasteiger partial charge in [-0.3, -0.25) is 9.59 Å². The van der Waals surface area contributed by atoms with Crippen molar-refractivity contribution < 1.29 is 9.59 Å². The third-order valence-electron chi connectivity index (χ3n) is 4.24. The second-order valence-electron chi connectivity index (χ2n) is 6.16. The second kappa shape index (κ2) is 11.1. The van der Waals surface area contributed by atoms with E-state index in [0.717, 1.165) is 15.8 Å². The molecular formula is C21H25BrN2O2S. The van der Waals surface area contributed by atoms with Crippen LogP contribution in [0.5, 0.6) is 0 Å². The molecule has 2 rings (SSSR count). The van der Waals surface area contributed by atoms with Crippen molar-refractivity contribution in [2.24, 2.45) is 0 Å². The lowest BCUT2D eigenvalue weighted by Crippen LogP contribution is -2.48. The minimum absolute atomic E-state index is 0.0172. The van der Waals surface area contributed by atoms with Gasteiger partial charge in [-0.2, -0.15) is 0 Å². The molecule has 0 spiro atoms. The van der Waals surface area contributed by atoms with Gasteiger partial charge in [0.2, 0.25) is 11.8 Å². The third-order valence-corrected chi connectivity index (χ3v) is 5.75. The van der Waals surface area contributed by atoms with Crippen LogP contribution >= 0.6 is 27.7 Å². The fourth-order valence-corrected chi connectivity index (χ4v) is 3.92. The molecule has 0 unspecified atom stereocenters. The number of hydrogen-bond acceptors (Lipinski definition) is 3. The van der Waals surface area contributed by atoms with Gasteiger partial charge in [-0.25, -0.2) is 0 Å². The van der Waals surface area contributed by atoms with Gasteiger partial charge in [0, 0.05) is 23.8 Å². The van der Waals surface area contributed by atoms with E-state index >= 15 is 0 Å².